The first-order chi connectivity index (χ1) is 19.0. The van der Waals surface area contributed by atoms with Gasteiger partial charge in [-0.25, -0.2) is 9.50 Å². The van der Waals surface area contributed by atoms with Crippen LogP contribution in [0.2, 0.25) is 0 Å². The summed E-state index contributed by atoms with van der Waals surface area (Å²) in [6.45, 7) is 8.60. The fourth-order valence-electron chi connectivity index (χ4n) is 3.76. The largest absolute Gasteiger partial charge is 0.496 e. The monoisotopic (exact) mass is 536 g/mol. The molecule has 0 fully saturated rings. The summed E-state index contributed by atoms with van der Waals surface area (Å²) in [5, 5.41) is 28.5. The van der Waals surface area contributed by atoms with E-state index in [1.807, 2.05) is 39.0 Å². The van der Waals surface area contributed by atoms with E-state index in [9.17, 15) is 9.90 Å². The van der Waals surface area contributed by atoms with Gasteiger partial charge in [0.15, 0.2) is 5.65 Å². The van der Waals surface area contributed by atoms with Crippen LogP contribution in [0, 0.1) is 5.92 Å². The van der Waals surface area contributed by atoms with Crippen LogP contribution in [-0.4, -0.2) is 61.3 Å². The van der Waals surface area contributed by atoms with E-state index in [4.69, 9.17) is 14.9 Å². The first kappa shape index (κ1) is 31.2. The lowest BCUT2D eigenvalue weighted by atomic mass is 10.0. The van der Waals surface area contributed by atoms with Gasteiger partial charge in [-0.05, 0) is 36.1 Å². The Morgan fingerprint density at radius 3 is 2.72 bits per heavy atom. The van der Waals surface area contributed by atoms with Gasteiger partial charge >= 0.3 is 0 Å². The molecule has 4 rings (SSSR count). The fourth-order valence-corrected chi connectivity index (χ4v) is 3.76. The third kappa shape index (κ3) is 7.98. The number of ether oxygens (including phenoxy) is 1. The van der Waals surface area contributed by atoms with Crippen molar-refractivity contribution in [1.82, 2.24) is 24.4 Å². The van der Waals surface area contributed by atoms with Crippen LogP contribution < -0.4 is 10.1 Å². The highest BCUT2D eigenvalue weighted by molar-refractivity contribution is 6.09. The molecule has 0 aliphatic heterocycles. The topological polar surface area (TPSA) is 127 Å². The maximum absolute atomic E-state index is 13.2. The zero-order valence-electron chi connectivity index (χ0n) is 23.6. The maximum atomic E-state index is 13.2. The van der Waals surface area contributed by atoms with Gasteiger partial charge in [0.1, 0.15) is 17.0 Å². The third-order valence-electron chi connectivity index (χ3n) is 5.59. The summed E-state index contributed by atoms with van der Waals surface area (Å²) in [7, 11) is 2.61. The molecule has 3 heterocycles. The molecule has 1 amide bonds. The van der Waals surface area contributed by atoms with Crippen LogP contribution in [0.1, 0.15) is 56.5 Å². The Hall–Kier alpha value is -4.02. The van der Waals surface area contributed by atoms with Crippen LogP contribution in [0.25, 0.3) is 23.0 Å². The van der Waals surface area contributed by atoms with Gasteiger partial charge in [-0.1, -0.05) is 52.3 Å². The van der Waals surface area contributed by atoms with Crippen LogP contribution in [0.3, 0.4) is 0 Å². The number of amides is 1. The van der Waals surface area contributed by atoms with Crippen LogP contribution in [0.15, 0.2) is 55.1 Å². The molecule has 10 heteroatoms. The van der Waals surface area contributed by atoms with Crippen molar-refractivity contribution in [3.8, 4) is 17.0 Å². The molecule has 1 unspecified atom stereocenters. The van der Waals surface area contributed by atoms with Crippen LogP contribution in [0.4, 0.5) is 5.69 Å². The minimum absolute atomic E-state index is 0.000302. The highest BCUT2D eigenvalue weighted by atomic mass is 16.5. The highest BCUT2D eigenvalue weighted by Gasteiger charge is 2.21. The summed E-state index contributed by atoms with van der Waals surface area (Å²) in [4.78, 5) is 17.5. The Morgan fingerprint density at radius 1 is 1.26 bits per heavy atom. The number of anilines is 1. The molecule has 0 spiro atoms. The summed E-state index contributed by atoms with van der Waals surface area (Å²) in [5.74, 6) is 0.305. The van der Waals surface area contributed by atoms with Crippen molar-refractivity contribution >= 4 is 23.3 Å². The second-order valence-corrected chi connectivity index (χ2v) is 8.45. The normalized spacial score (nSPS) is 11.4. The number of aliphatic hydroxyl groups is 2. The number of methoxy groups -OCH3 is 1. The number of nitrogens with one attached hydrogen (secondary N) is 1. The molecule has 210 valence electrons. The number of carbonyl (C=O) groups is 1. The molecule has 10 nitrogen and oxygen atoms in total. The highest BCUT2D eigenvalue weighted by Crippen LogP contribution is 2.35. The van der Waals surface area contributed by atoms with E-state index in [0.29, 0.717) is 34.9 Å². The molecule has 39 heavy (non-hydrogen) atoms. The Labute approximate surface area is 230 Å². The minimum Gasteiger partial charge on any atom is -0.496 e. The summed E-state index contributed by atoms with van der Waals surface area (Å²) in [6.07, 6.45) is 12.9. The zero-order chi connectivity index (χ0) is 28.8. The molecule has 0 saturated carbocycles. The molecule has 0 saturated heterocycles. The van der Waals surface area contributed by atoms with E-state index >= 15 is 0 Å². The number of carbonyl (C=O) groups excluding carboxylic acids is 1. The van der Waals surface area contributed by atoms with E-state index < -0.39 is 0 Å². The number of hydrogen-bond acceptors (Lipinski definition) is 7. The van der Waals surface area contributed by atoms with Gasteiger partial charge in [0.25, 0.3) is 5.91 Å². The standard InChI is InChI=1S/C26H30N6O3.C2H6.CH4O/c1-4-5-6-8-19-9-10-23(35-3)20(13-19)24-22(16-31(30-24)15-18(2)17-33)29-26(34)21-14-28-32-12-7-11-27-25(21)32;2*1-2/h6-14,16,18,33H,4-5,15,17H2,1-3H3,(H,29,34);1-2H3;2H,1H3. The molecule has 4 aromatic rings. The molecule has 1 atom stereocenters. The molecular weight excluding hydrogens is 496 g/mol. The number of benzene rings is 1. The Kier molecular flexibility index (Phi) is 12.8. The number of allylic oxidation sites excluding steroid dienone is 1. The Balaban J connectivity index is 0.00000127. The zero-order valence-corrected chi connectivity index (χ0v) is 23.6. The molecule has 0 radical (unpaired) electrons. The Bertz CT molecular complexity index is 1340. The third-order valence-corrected chi connectivity index (χ3v) is 5.59. The predicted octanol–water partition coefficient (Wildman–Crippen LogP) is 4.93. The van der Waals surface area contributed by atoms with Crippen molar-refractivity contribution in [3.05, 3.63) is 66.3 Å². The first-order valence-electron chi connectivity index (χ1n) is 13.1. The van der Waals surface area contributed by atoms with Crippen molar-refractivity contribution in [2.75, 3.05) is 26.1 Å². The smallest absolute Gasteiger partial charge is 0.261 e. The quantitative estimate of drug-likeness (QED) is 0.262. The van der Waals surface area contributed by atoms with E-state index in [1.165, 1.54) is 6.20 Å². The number of unbranched alkanes of at least 4 members (excludes halogenated alkanes) is 1. The molecule has 1 aromatic carbocycles. The van der Waals surface area contributed by atoms with Gasteiger partial charge in [0.05, 0.1) is 19.0 Å². The van der Waals surface area contributed by atoms with Crippen molar-refractivity contribution in [1.29, 1.82) is 0 Å². The lowest BCUT2D eigenvalue weighted by Crippen LogP contribution is -2.13. The van der Waals surface area contributed by atoms with Gasteiger partial charge in [-0.3, -0.25) is 9.48 Å². The summed E-state index contributed by atoms with van der Waals surface area (Å²) in [5.41, 5.74) is 3.70. The van der Waals surface area contributed by atoms with E-state index in [-0.39, 0.29) is 18.4 Å². The summed E-state index contributed by atoms with van der Waals surface area (Å²) < 4.78 is 8.92. The van der Waals surface area contributed by atoms with Crippen molar-refractivity contribution in [2.24, 2.45) is 5.92 Å². The second kappa shape index (κ2) is 16.1. The number of hydrogen-bond donors (Lipinski definition) is 3. The molecule has 3 aromatic heterocycles. The van der Waals surface area contributed by atoms with Gasteiger partial charge in [0.2, 0.25) is 0 Å². The lowest BCUT2D eigenvalue weighted by molar-refractivity contribution is 0.102. The maximum Gasteiger partial charge on any atom is 0.261 e. The lowest BCUT2D eigenvalue weighted by Gasteiger charge is -2.10. The van der Waals surface area contributed by atoms with Crippen LogP contribution >= 0.6 is 0 Å². The summed E-state index contributed by atoms with van der Waals surface area (Å²) in [6, 6.07) is 7.64. The average Bonchev–Trinajstić information content (AvgIpc) is 3.59. The molecule has 0 aliphatic rings. The van der Waals surface area contributed by atoms with Crippen LogP contribution in [0.5, 0.6) is 5.75 Å². The molecule has 3 N–H and O–H groups in total. The molecular formula is C29H40N6O4. The SMILES string of the molecule is CC.CCCC=Cc1ccc(OC)c(-c2nn(CC(C)CO)cc2NC(=O)c2cnn3cccnc23)c1.CO. The predicted molar refractivity (Wildman–Crippen MR) is 155 cm³/mol. The summed E-state index contributed by atoms with van der Waals surface area (Å²) >= 11 is 0. The number of fused-ring (bicyclic) bond motifs is 1. The molecule has 0 bridgehead atoms. The fraction of sp³-hybridized carbons (Fsp3) is 0.379. The number of nitrogens with zero attached hydrogens (tertiary/aromatic N) is 5. The van der Waals surface area contributed by atoms with Gasteiger partial charge in [-0.2, -0.15) is 10.2 Å². The minimum atomic E-state index is -0.340. The van der Waals surface area contributed by atoms with Crippen molar-refractivity contribution in [2.45, 2.75) is 47.1 Å². The number of rotatable bonds is 10. The first-order valence-corrected chi connectivity index (χ1v) is 13.1. The van der Waals surface area contributed by atoms with E-state index in [2.05, 4.69) is 34.5 Å². The van der Waals surface area contributed by atoms with Crippen molar-refractivity contribution < 1.29 is 19.7 Å². The van der Waals surface area contributed by atoms with E-state index in [1.54, 1.807) is 41.0 Å². The molecule has 0 aliphatic carbocycles. The van der Waals surface area contributed by atoms with Crippen molar-refractivity contribution in [3.63, 3.8) is 0 Å². The van der Waals surface area contributed by atoms with Gasteiger partial charge in [0, 0.05) is 44.4 Å². The number of aromatic nitrogens is 5. The Morgan fingerprint density at radius 2 is 2.03 bits per heavy atom. The second-order valence-electron chi connectivity index (χ2n) is 8.45. The number of aliphatic hydroxyl groups excluding tert-OH is 2. The van der Waals surface area contributed by atoms with Gasteiger partial charge < -0.3 is 20.3 Å². The van der Waals surface area contributed by atoms with Gasteiger partial charge in [-0.15, -0.1) is 0 Å². The van der Waals surface area contributed by atoms with E-state index in [0.717, 1.165) is 31.1 Å². The van der Waals surface area contributed by atoms with Crippen LogP contribution in [-0.2, 0) is 6.54 Å². The average molecular weight is 537 g/mol.